The van der Waals surface area contributed by atoms with Crippen LogP contribution in [0.5, 0.6) is 0 Å². The quantitative estimate of drug-likeness (QED) is 0.423. The number of piperidine rings is 1. The maximum atomic E-state index is 11.7. The number of aliphatic hydroxyl groups is 1. The van der Waals surface area contributed by atoms with Gasteiger partial charge in [0.2, 0.25) is 0 Å². The van der Waals surface area contributed by atoms with Crippen molar-refractivity contribution in [2.24, 2.45) is 5.92 Å². The van der Waals surface area contributed by atoms with E-state index in [1.807, 2.05) is 37.3 Å². The van der Waals surface area contributed by atoms with Gasteiger partial charge in [0.05, 0.1) is 31.8 Å². The molecule has 9 nitrogen and oxygen atoms in total. The first-order chi connectivity index (χ1) is 13.8. The van der Waals surface area contributed by atoms with Gasteiger partial charge < -0.3 is 29.7 Å². The lowest BCUT2D eigenvalue weighted by atomic mass is 9.97. The maximum Gasteiger partial charge on any atom is 0.414 e. The first kappa shape index (κ1) is 24.5. The van der Waals surface area contributed by atoms with Gasteiger partial charge in [-0.15, -0.1) is 0 Å². The Morgan fingerprint density at radius 3 is 2.21 bits per heavy atom. The number of carbonyl (C=O) groups is 3. The summed E-state index contributed by atoms with van der Waals surface area (Å²) < 4.78 is 10.6. The van der Waals surface area contributed by atoms with Crippen LogP contribution >= 0.6 is 0 Å². The van der Waals surface area contributed by atoms with Gasteiger partial charge >= 0.3 is 17.9 Å². The number of nitrogens with zero attached hydrogens (tertiary/aromatic N) is 1. The van der Waals surface area contributed by atoms with Crippen LogP contribution in [0.1, 0.15) is 25.3 Å². The van der Waals surface area contributed by atoms with E-state index in [-0.39, 0.29) is 11.9 Å². The van der Waals surface area contributed by atoms with Crippen molar-refractivity contribution in [3.05, 3.63) is 35.9 Å². The van der Waals surface area contributed by atoms with Crippen molar-refractivity contribution in [3.8, 4) is 0 Å². The minimum Gasteiger partial charge on any atom is -0.473 e. The lowest BCUT2D eigenvalue weighted by Crippen LogP contribution is -2.41. The molecule has 162 valence electrons. The maximum absolute atomic E-state index is 11.7. The van der Waals surface area contributed by atoms with Crippen LogP contribution in [-0.2, 0) is 30.5 Å². The average molecular weight is 411 g/mol. The highest BCUT2D eigenvalue weighted by Crippen LogP contribution is 2.18. The summed E-state index contributed by atoms with van der Waals surface area (Å²) in [4.78, 5) is 32.1. The third-order valence-electron chi connectivity index (χ3n) is 4.28. The molecule has 0 bridgehead atoms. The fourth-order valence-electron chi connectivity index (χ4n) is 2.85. The van der Waals surface area contributed by atoms with Crippen molar-refractivity contribution in [2.45, 2.75) is 32.5 Å². The molecule has 9 heteroatoms. The Hall–Kier alpha value is -2.49. The highest BCUT2D eigenvalue weighted by atomic mass is 16.5. The zero-order chi connectivity index (χ0) is 21.6. The van der Waals surface area contributed by atoms with Crippen LogP contribution in [0.3, 0.4) is 0 Å². The smallest absolute Gasteiger partial charge is 0.414 e. The van der Waals surface area contributed by atoms with E-state index in [1.165, 1.54) is 0 Å². The van der Waals surface area contributed by atoms with Crippen LogP contribution in [0, 0.1) is 5.92 Å². The van der Waals surface area contributed by atoms with E-state index in [1.54, 1.807) is 0 Å². The molecule has 1 heterocycles. The summed E-state index contributed by atoms with van der Waals surface area (Å²) in [5.41, 5.74) is 1.11. The molecule has 1 unspecified atom stereocenters. The predicted molar refractivity (Wildman–Crippen MR) is 103 cm³/mol. The van der Waals surface area contributed by atoms with Gasteiger partial charge in [-0.25, -0.2) is 9.59 Å². The number of hydrogen-bond acceptors (Lipinski definition) is 7. The summed E-state index contributed by atoms with van der Waals surface area (Å²) >= 11 is 0. The van der Waals surface area contributed by atoms with Gasteiger partial charge in [-0.2, -0.15) is 0 Å². The highest BCUT2D eigenvalue weighted by Gasteiger charge is 2.26. The molecule has 0 spiro atoms. The molecule has 1 fully saturated rings. The monoisotopic (exact) mass is 411 g/mol. The largest absolute Gasteiger partial charge is 0.473 e. The van der Waals surface area contributed by atoms with Crippen LogP contribution < -0.4 is 0 Å². The molecule has 1 saturated heterocycles. The lowest BCUT2D eigenvalue weighted by molar-refractivity contribution is -0.159. The summed E-state index contributed by atoms with van der Waals surface area (Å²) in [5, 5.41) is 24.9. The molecule has 0 saturated carbocycles. The van der Waals surface area contributed by atoms with E-state index in [4.69, 9.17) is 29.3 Å². The van der Waals surface area contributed by atoms with Crippen molar-refractivity contribution in [2.75, 3.05) is 32.8 Å². The van der Waals surface area contributed by atoms with Gasteiger partial charge in [-0.1, -0.05) is 30.3 Å². The SMILES string of the molecule is CCOC(=O)C1CCN(CC(O)COCc2ccccc2)CC1.O=C(O)C(=O)O. The number of rotatable bonds is 8. The standard InChI is InChI=1S/C18H27NO4.C2H2O4/c1-2-23-18(21)16-8-10-19(11-9-16)12-17(20)14-22-13-15-6-4-3-5-7-15;3-1(4)2(5)6/h3-7,16-17,20H,2,8-14H2,1H3;(H,3,4)(H,5,6). The molecule has 0 radical (unpaired) electrons. The summed E-state index contributed by atoms with van der Waals surface area (Å²) in [6.07, 6.45) is 1.10. The van der Waals surface area contributed by atoms with Crippen LogP contribution in [-0.4, -0.2) is 77.1 Å². The first-order valence-electron chi connectivity index (χ1n) is 9.48. The van der Waals surface area contributed by atoms with E-state index >= 15 is 0 Å². The molecule has 1 aromatic carbocycles. The molecule has 0 amide bonds. The normalized spacial score (nSPS) is 15.7. The molecular formula is C20H29NO8. The van der Waals surface area contributed by atoms with Crippen molar-refractivity contribution in [3.63, 3.8) is 0 Å². The predicted octanol–water partition coefficient (Wildman–Crippen LogP) is 0.995. The number of hydrogen-bond donors (Lipinski definition) is 3. The number of β-amino-alcohol motifs (C(OH)–C–C–N with tert-alkyl or cyclic N) is 1. The van der Waals surface area contributed by atoms with Crippen molar-refractivity contribution in [1.29, 1.82) is 0 Å². The van der Waals surface area contributed by atoms with Crippen LogP contribution in [0.4, 0.5) is 0 Å². The molecule has 1 aliphatic rings. The molecule has 29 heavy (non-hydrogen) atoms. The van der Waals surface area contributed by atoms with Gasteiger partial charge in [0.25, 0.3) is 0 Å². The number of ether oxygens (including phenoxy) is 2. The lowest BCUT2D eigenvalue weighted by Gasteiger charge is -2.32. The molecule has 0 aromatic heterocycles. The molecule has 0 aliphatic carbocycles. The Bertz CT molecular complexity index is 617. The average Bonchev–Trinajstić information content (AvgIpc) is 2.70. The third kappa shape index (κ3) is 10.6. The van der Waals surface area contributed by atoms with Crippen LogP contribution in [0.2, 0.25) is 0 Å². The van der Waals surface area contributed by atoms with Crippen molar-refractivity contribution < 1.29 is 39.2 Å². The number of aliphatic hydroxyl groups excluding tert-OH is 1. The van der Waals surface area contributed by atoms with Crippen LogP contribution in [0.15, 0.2) is 30.3 Å². The summed E-state index contributed by atoms with van der Waals surface area (Å²) in [5.74, 6) is -3.72. The van der Waals surface area contributed by atoms with E-state index < -0.39 is 18.0 Å². The van der Waals surface area contributed by atoms with Gasteiger partial charge in [0.15, 0.2) is 0 Å². The second-order valence-electron chi connectivity index (χ2n) is 6.59. The minimum absolute atomic E-state index is 0.0117. The van der Waals surface area contributed by atoms with Crippen molar-refractivity contribution >= 4 is 17.9 Å². The Kier molecular flexibility index (Phi) is 11.6. The number of carboxylic acids is 2. The number of esters is 1. The topological polar surface area (TPSA) is 134 Å². The summed E-state index contributed by atoms with van der Waals surface area (Å²) in [7, 11) is 0. The highest BCUT2D eigenvalue weighted by molar-refractivity contribution is 6.27. The molecule has 1 aliphatic heterocycles. The van der Waals surface area contributed by atoms with E-state index in [0.29, 0.717) is 26.4 Å². The second kappa shape index (κ2) is 13.6. The molecule has 2 rings (SSSR count). The van der Waals surface area contributed by atoms with E-state index in [2.05, 4.69) is 4.90 Å². The Morgan fingerprint density at radius 1 is 1.10 bits per heavy atom. The van der Waals surface area contributed by atoms with Crippen molar-refractivity contribution in [1.82, 2.24) is 4.90 Å². The minimum atomic E-state index is -1.82. The fraction of sp³-hybridized carbons (Fsp3) is 0.550. The molecule has 3 N–H and O–H groups in total. The van der Waals surface area contributed by atoms with Gasteiger partial charge in [0, 0.05) is 6.54 Å². The Morgan fingerprint density at radius 2 is 1.69 bits per heavy atom. The number of carboxylic acid groups (broad SMARTS) is 2. The van der Waals surface area contributed by atoms with Crippen LogP contribution in [0.25, 0.3) is 0 Å². The second-order valence-corrected chi connectivity index (χ2v) is 6.59. The zero-order valence-electron chi connectivity index (χ0n) is 16.5. The molecular weight excluding hydrogens is 382 g/mol. The third-order valence-corrected chi connectivity index (χ3v) is 4.28. The first-order valence-corrected chi connectivity index (χ1v) is 9.48. The Balaban J connectivity index is 0.000000612. The number of likely N-dealkylation sites (tertiary alicyclic amines) is 1. The fourth-order valence-corrected chi connectivity index (χ4v) is 2.85. The number of aliphatic carboxylic acids is 2. The Labute approximate surface area is 169 Å². The summed E-state index contributed by atoms with van der Waals surface area (Å²) in [6, 6.07) is 9.93. The van der Waals surface area contributed by atoms with E-state index in [9.17, 15) is 9.90 Å². The number of carbonyl (C=O) groups excluding carboxylic acids is 1. The molecule has 1 aromatic rings. The molecule has 1 atom stereocenters. The summed E-state index contributed by atoms with van der Waals surface area (Å²) in [6.45, 7) is 5.34. The zero-order valence-corrected chi connectivity index (χ0v) is 16.5. The van der Waals surface area contributed by atoms with Gasteiger partial charge in [-0.3, -0.25) is 4.79 Å². The van der Waals surface area contributed by atoms with Gasteiger partial charge in [0.1, 0.15) is 0 Å². The number of benzene rings is 1. The van der Waals surface area contributed by atoms with Gasteiger partial charge in [-0.05, 0) is 38.4 Å². The van der Waals surface area contributed by atoms with E-state index in [0.717, 1.165) is 31.5 Å².